The van der Waals surface area contributed by atoms with Gasteiger partial charge < -0.3 is 15.2 Å². The maximum atomic E-state index is 12.3. The van der Waals surface area contributed by atoms with Crippen LogP contribution in [0.1, 0.15) is 51.0 Å². The Balaban J connectivity index is 1.94. The number of benzene rings is 1. The first-order chi connectivity index (χ1) is 10.5. The molecule has 2 N–H and O–H groups in total. The van der Waals surface area contributed by atoms with E-state index in [1.54, 1.807) is 7.11 Å². The second-order valence-corrected chi connectivity index (χ2v) is 6.71. The van der Waals surface area contributed by atoms with Crippen molar-refractivity contribution in [1.29, 1.82) is 0 Å². The second kappa shape index (κ2) is 7.14. The summed E-state index contributed by atoms with van der Waals surface area (Å²) < 4.78 is 5.23. The lowest BCUT2D eigenvalue weighted by Crippen LogP contribution is -2.45. The molecule has 22 heavy (non-hydrogen) atoms. The number of hydrogen-bond donors (Lipinski definition) is 2. The van der Waals surface area contributed by atoms with Gasteiger partial charge in [0.15, 0.2) is 0 Å². The first-order valence-corrected chi connectivity index (χ1v) is 8.02. The quantitative estimate of drug-likeness (QED) is 0.849. The molecular weight excluding hydrogens is 278 g/mol. The molecule has 0 heterocycles. The van der Waals surface area contributed by atoms with Crippen molar-refractivity contribution in [3.8, 4) is 5.75 Å². The van der Waals surface area contributed by atoms with Gasteiger partial charge >= 0.3 is 0 Å². The SMILES string of the molecule is COc1cccc(C(C)CC(=O)NC2CCCC2(C)CO)c1. The molecule has 0 bridgehead atoms. The predicted octanol–water partition coefficient (Wildman–Crippen LogP) is 2.86. The van der Waals surface area contributed by atoms with Gasteiger partial charge in [0.05, 0.1) is 13.7 Å². The minimum Gasteiger partial charge on any atom is -0.497 e. The van der Waals surface area contributed by atoms with Crippen LogP contribution in [-0.4, -0.2) is 30.8 Å². The molecule has 1 amide bonds. The van der Waals surface area contributed by atoms with Gasteiger partial charge in [0.25, 0.3) is 0 Å². The van der Waals surface area contributed by atoms with Crippen LogP contribution in [0, 0.1) is 5.41 Å². The van der Waals surface area contributed by atoms with E-state index < -0.39 is 0 Å². The summed E-state index contributed by atoms with van der Waals surface area (Å²) in [5.74, 6) is 1.01. The number of ether oxygens (including phenoxy) is 1. The third kappa shape index (κ3) is 3.80. The number of hydrogen-bond acceptors (Lipinski definition) is 3. The van der Waals surface area contributed by atoms with Crippen molar-refractivity contribution < 1.29 is 14.6 Å². The fourth-order valence-electron chi connectivity index (χ4n) is 3.27. The highest BCUT2D eigenvalue weighted by Crippen LogP contribution is 2.37. The average Bonchev–Trinajstić information content (AvgIpc) is 2.88. The van der Waals surface area contributed by atoms with E-state index in [1.807, 2.05) is 31.2 Å². The van der Waals surface area contributed by atoms with Crippen LogP contribution in [0.15, 0.2) is 24.3 Å². The zero-order chi connectivity index (χ0) is 16.2. The second-order valence-electron chi connectivity index (χ2n) is 6.71. The van der Waals surface area contributed by atoms with Crippen LogP contribution in [0.3, 0.4) is 0 Å². The van der Waals surface area contributed by atoms with Crippen molar-refractivity contribution in [2.75, 3.05) is 13.7 Å². The van der Waals surface area contributed by atoms with Gasteiger partial charge in [-0.1, -0.05) is 32.4 Å². The van der Waals surface area contributed by atoms with Crippen LogP contribution >= 0.6 is 0 Å². The maximum absolute atomic E-state index is 12.3. The van der Waals surface area contributed by atoms with Crippen LogP contribution in [-0.2, 0) is 4.79 Å². The van der Waals surface area contributed by atoms with Gasteiger partial charge in [-0.25, -0.2) is 0 Å². The van der Waals surface area contributed by atoms with E-state index in [-0.39, 0.29) is 29.9 Å². The lowest BCUT2D eigenvalue weighted by Gasteiger charge is -2.30. The van der Waals surface area contributed by atoms with E-state index in [1.165, 1.54) is 0 Å². The molecule has 1 saturated carbocycles. The van der Waals surface area contributed by atoms with Gasteiger partial charge in [0.1, 0.15) is 5.75 Å². The molecule has 2 rings (SSSR count). The Labute approximate surface area is 132 Å². The topological polar surface area (TPSA) is 58.6 Å². The van der Waals surface area contributed by atoms with Crippen molar-refractivity contribution >= 4 is 5.91 Å². The molecular formula is C18H27NO3. The molecule has 1 aromatic rings. The molecule has 1 aromatic carbocycles. The molecule has 1 fully saturated rings. The van der Waals surface area contributed by atoms with Gasteiger partial charge in [-0.3, -0.25) is 4.79 Å². The third-order valence-electron chi connectivity index (χ3n) is 4.93. The van der Waals surface area contributed by atoms with E-state index >= 15 is 0 Å². The molecule has 1 aliphatic rings. The van der Waals surface area contributed by atoms with Crippen LogP contribution in [0.5, 0.6) is 5.75 Å². The summed E-state index contributed by atoms with van der Waals surface area (Å²) in [6, 6.07) is 7.94. The Hall–Kier alpha value is -1.55. The molecule has 4 heteroatoms. The molecule has 1 aliphatic carbocycles. The van der Waals surface area contributed by atoms with E-state index in [4.69, 9.17) is 4.74 Å². The number of nitrogens with one attached hydrogen (secondary N) is 1. The lowest BCUT2D eigenvalue weighted by atomic mass is 9.85. The largest absolute Gasteiger partial charge is 0.497 e. The van der Waals surface area contributed by atoms with Gasteiger partial charge in [0.2, 0.25) is 5.91 Å². The number of rotatable bonds is 6. The van der Waals surface area contributed by atoms with E-state index in [0.717, 1.165) is 30.6 Å². The number of carbonyl (C=O) groups excluding carboxylic acids is 1. The minimum atomic E-state index is -0.172. The number of methoxy groups -OCH3 is 1. The van der Waals surface area contributed by atoms with Crippen LogP contribution in [0.25, 0.3) is 0 Å². The van der Waals surface area contributed by atoms with Crippen molar-refractivity contribution in [2.45, 2.75) is 51.5 Å². The van der Waals surface area contributed by atoms with Crippen molar-refractivity contribution in [2.24, 2.45) is 5.41 Å². The molecule has 3 unspecified atom stereocenters. The lowest BCUT2D eigenvalue weighted by molar-refractivity contribution is -0.123. The molecule has 0 radical (unpaired) electrons. The zero-order valence-electron chi connectivity index (χ0n) is 13.8. The highest BCUT2D eigenvalue weighted by molar-refractivity contribution is 5.77. The monoisotopic (exact) mass is 305 g/mol. The van der Waals surface area contributed by atoms with Gasteiger partial charge in [-0.05, 0) is 36.5 Å². The highest BCUT2D eigenvalue weighted by Gasteiger charge is 2.39. The van der Waals surface area contributed by atoms with Crippen LogP contribution in [0.4, 0.5) is 0 Å². The first-order valence-electron chi connectivity index (χ1n) is 8.02. The van der Waals surface area contributed by atoms with Crippen LogP contribution < -0.4 is 10.1 Å². The Morgan fingerprint density at radius 1 is 1.55 bits per heavy atom. The fourth-order valence-corrected chi connectivity index (χ4v) is 3.27. The molecule has 3 atom stereocenters. The van der Waals surface area contributed by atoms with E-state index in [2.05, 4.69) is 12.2 Å². The maximum Gasteiger partial charge on any atom is 0.220 e. The minimum absolute atomic E-state index is 0.0573. The molecule has 0 aliphatic heterocycles. The summed E-state index contributed by atoms with van der Waals surface area (Å²) in [6.45, 7) is 4.23. The highest BCUT2D eigenvalue weighted by atomic mass is 16.5. The number of aliphatic hydroxyl groups is 1. The Bertz CT molecular complexity index is 517. The molecule has 0 saturated heterocycles. The van der Waals surface area contributed by atoms with Gasteiger partial charge in [0, 0.05) is 17.9 Å². The molecule has 0 aromatic heterocycles. The van der Waals surface area contributed by atoms with Gasteiger partial charge in [-0.15, -0.1) is 0 Å². The smallest absolute Gasteiger partial charge is 0.220 e. The summed E-state index contributed by atoms with van der Waals surface area (Å²) >= 11 is 0. The number of amides is 1. The first kappa shape index (κ1) is 16.8. The molecule has 4 nitrogen and oxygen atoms in total. The zero-order valence-corrected chi connectivity index (χ0v) is 13.8. The fraction of sp³-hybridized carbons (Fsp3) is 0.611. The summed E-state index contributed by atoms with van der Waals surface area (Å²) in [7, 11) is 1.65. The van der Waals surface area contributed by atoms with Gasteiger partial charge in [-0.2, -0.15) is 0 Å². The number of aliphatic hydroxyl groups excluding tert-OH is 1. The summed E-state index contributed by atoms with van der Waals surface area (Å²) in [5, 5.41) is 12.7. The normalized spacial score (nSPS) is 25.7. The average molecular weight is 305 g/mol. The van der Waals surface area contributed by atoms with E-state index in [0.29, 0.717) is 6.42 Å². The standard InChI is InChI=1S/C18H27NO3/c1-13(14-6-4-7-15(11-14)22-3)10-17(21)19-16-8-5-9-18(16,2)12-20/h4,6-7,11,13,16,20H,5,8-10,12H2,1-3H3,(H,19,21). The summed E-state index contributed by atoms with van der Waals surface area (Å²) in [5.41, 5.74) is 0.931. The van der Waals surface area contributed by atoms with Crippen molar-refractivity contribution in [3.63, 3.8) is 0 Å². The molecule has 122 valence electrons. The number of carbonyl (C=O) groups is 1. The van der Waals surface area contributed by atoms with E-state index in [9.17, 15) is 9.90 Å². The van der Waals surface area contributed by atoms with Crippen molar-refractivity contribution in [3.05, 3.63) is 29.8 Å². The molecule has 0 spiro atoms. The summed E-state index contributed by atoms with van der Waals surface area (Å²) in [4.78, 5) is 12.3. The van der Waals surface area contributed by atoms with Crippen LogP contribution in [0.2, 0.25) is 0 Å². The summed E-state index contributed by atoms with van der Waals surface area (Å²) in [6.07, 6.45) is 3.44. The Kier molecular flexibility index (Phi) is 5.46. The van der Waals surface area contributed by atoms with Crippen molar-refractivity contribution in [1.82, 2.24) is 5.32 Å². The Morgan fingerprint density at radius 2 is 2.32 bits per heavy atom. The third-order valence-corrected chi connectivity index (χ3v) is 4.93. The Morgan fingerprint density at radius 3 is 3.00 bits per heavy atom. The predicted molar refractivity (Wildman–Crippen MR) is 87.0 cm³/mol.